The van der Waals surface area contributed by atoms with Crippen molar-refractivity contribution < 1.29 is 0 Å². The number of rotatable bonds is 7. The molecular weight excluding hydrogens is 284 g/mol. The third kappa shape index (κ3) is 5.08. The second-order valence-corrected chi connectivity index (χ2v) is 5.10. The van der Waals surface area contributed by atoms with Crippen molar-refractivity contribution in [2.45, 2.75) is 13.3 Å². The van der Waals surface area contributed by atoms with E-state index in [0.29, 0.717) is 6.54 Å². The van der Waals surface area contributed by atoms with Crippen LogP contribution in [-0.2, 0) is 6.42 Å². The third-order valence-electron chi connectivity index (χ3n) is 2.87. The molecule has 0 spiro atoms. The molecule has 0 radical (unpaired) electrons. The summed E-state index contributed by atoms with van der Waals surface area (Å²) < 4.78 is 0. The summed E-state index contributed by atoms with van der Waals surface area (Å²) in [7, 11) is 0. The Labute approximate surface area is 130 Å². The molecule has 2 N–H and O–H groups in total. The lowest BCUT2D eigenvalue weighted by molar-refractivity contribution is 0.980. The smallest absolute Gasteiger partial charge is 0.132 e. The van der Waals surface area contributed by atoms with Crippen LogP contribution in [0.5, 0.6) is 0 Å². The molecule has 2 rings (SSSR count). The first-order valence-electron chi connectivity index (χ1n) is 6.86. The molecule has 0 aliphatic carbocycles. The largest absolute Gasteiger partial charge is 0.370 e. The standard InChI is InChI=1S/C16H19ClN4/c1-3-8-18-15-11-16(21-12(2)20-15)19-9-7-13-5-4-6-14(17)10-13/h3-6,10-11H,1,7-9H2,2H3,(H2,18,19,20,21). The average molecular weight is 303 g/mol. The molecule has 0 atom stereocenters. The van der Waals surface area contributed by atoms with Crippen LogP contribution in [0.25, 0.3) is 0 Å². The van der Waals surface area contributed by atoms with Crippen LogP contribution >= 0.6 is 11.6 Å². The van der Waals surface area contributed by atoms with Crippen molar-refractivity contribution in [2.75, 3.05) is 23.7 Å². The molecule has 1 aromatic heterocycles. The van der Waals surface area contributed by atoms with Gasteiger partial charge in [0.1, 0.15) is 17.5 Å². The van der Waals surface area contributed by atoms with E-state index < -0.39 is 0 Å². The van der Waals surface area contributed by atoms with Gasteiger partial charge < -0.3 is 10.6 Å². The van der Waals surface area contributed by atoms with Crippen molar-refractivity contribution in [3.05, 3.63) is 59.4 Å². The Balaban J connectivity index is 1.93. The van der Waals surface area contributed by atoms with Crippen molar-refractivity contribution in [3.63, 3.8) is 0 Å². The zero-order valence-electron chi connectivity index (χ0n) is 12.1. The van der Waals surface area contributed by atoms with Gasteiger partial charge in [0, 0.05) is 24.2 Å². The van der Waals surface area contributed by atoms with Crippen molar-refractivity contribution >= 4 is 23.2 Å². The quantitative estimate of drug-likeness (QED) is 0.766. The van der Waals surface area contributed by atoms with Crippen molar-refractivity contribution in [3.8, 4) is 0 Å². The van der Waals surface area contributed by atoms with Crippen LogP contribution in [0.3, 0.4) is 0 Å². The summed E-state index contributed by atoms with van der Waals surface area (Å²) in [4.78, 5) is 8.70. The fourth-order valence-electron chi connectivity index (χ4n) is 1.95. The van der Waals surface area contributed by atoms with Crippen LogP contribution in [0.1, 0.15) is 11.4 Å². The maximum absolute atomic E-state index is 5.97. The molecule has 1 aromatic carbocycles. The summed E-state index contributed by atoms with van der Waals surface area (Å²) in [5.74, 6) is 2.35. The summed E-state index contributed by atoms with van der Waals surface area (Å²) in [6, 6.07) is 9.78. The average Bonchev–Trinajstić information content (AvgIpc) is 2.45. The first kappa shape index (κ1) is 15.3. The summed E-state index contributed by atoms with van der Waals surface area (Å²) in [6.07, 6.45) is 2.68. The molecule has 0 aliphatic rings. The highest BCUT2D eigenvalue weighted by Gasteiger charge is 2.01. The maximum atomic E-state index is 5.97. The van der Waals surface area contributed by atoms with E-state index in [1.54, 1.807) is 6.08 Å². The highest BCUT2D eigenvalue weighted by Crippen LogP contribution is 2.13. The molecule has 0 unspecified atom stereocenters. The van der Waals surface area contributed by atoms with E-state index in [4.69, 9.17) is 11.6 Å². The summed E-state index contributed by atoms with van der Waals surface area (Å²) in [5, 5.41) is 7.24. The molecule has 21 heavy (non-hydrogen) atoms. The Hall–Kier alpha value is -2.07. The number of aryl methyl sites for hydroxylation is 1. The van der Waals surface area contributed by atoms with E-state index in [-0.39, 0.29) is 0 Å². The van der Waals surface area contributed by atoms with Gasteiger partial charge in [0.2, 0.25) is 0 Å². The molecule has 0 amide bonds. The lowest BCUT2D eigenvalue weighted by Gasteiger charge is -2.09. The number of halogens is 1. The normalized spacial score (nSPS) is 10.2. The van der Waals surface area contributed by atoms with Gasteiger partial charge in [-0.15, -0.1) is 6.58 Å². The zero-order chi connectivity index (χ0) is 15.1. The van der Waals surface area contributed by atoms with E-state index in [2.05, 4.69) is 33.2 Å². The number of nitrogens with zero attached hydrogens (tertiary/aromatic N) is 2. The number of benzene rings is 1. The number of aromatic nitrogens is 2. The van der Waals surface area contributed by atoms with Crippen LogP contribution in [0.15, 0.2) is 43.0 Å². The first-order valence-corrected chi connectivity index (χ1v) is 7.24. The van der Waals surface area contributed by atoms with Gasteiger partial charge in [-0.3, -0.25) is 0 Å². The van der Waals surface area contributed by atoms with Crippen molar-refractivity contribution in [1.29, 1.82) is 0 Å². The molecule has 0 fully saturated rings. The second kappa shape index (κ2) is 7.64. The Bertz CT molecular complexity index is 613. The fraction of sp³-hybridized carbons (Fsp3) is 0.250. The van der Waals surface area contributed by atoms with Crippen molar-refractivity contribution in [1.82, 2.24) is 9.97 Å². The Morgan fingerprint density at radius 2 is 1.95 bits per heavy atom. The number of hydrogen-bond acceptors (Lipinski definition) is 4. The third-order valence-corrected chi connectivity index (χ3v) is 3.11. The Morgan fingerprint density at radius 3 is 2.67 bits per heavy atom. The van der Waals surface area contributed by atoms with E-state index in [1.807, 2.05) is 31.2 Å². The summed E-state index contributed by atoms with van der Waals surface area (Å²) in [5.41, 5.74) is 1.20. The minimum atomic E-state index is 0.679. The van der Waals surface area contributed by atoms with Gasteiger partial charge in [-0.25, -0.2) is 9.97 Å². The molecular formula is C16H19ClN4. The molecule has 0 saturated carbocycles. The van der Waals surface area contributed by atoms with E-state index in [1.165, 1.54) is 5.56 Å². The fourth-order valence-corrected chi connectivity index (χ4v) is 2.17. The Kier molecular flexibility index (Phi) is 5.58. The Morgan fingerprint density at radius 1 is 1.19 bits per heavy atom. The predicted octanol–water partition coefficient (Wildman–Crippen LogP) is 3.69. The molecule has 1 heterocycles. The highest BCUT2D eigenvalue weighted by molar-refractivity contribution is 6.30. The topological polar surface area (TPSA) is 49.8 Å². The number of anilines is 2. The van der Waals surface area contributed by atoms with E-state index in [0.717, 1.165) is 35.4 Å². The van der Waals surface area contributed by atoms with Gasteiger partial charge in [0.15, 0.2) is 0 Å². The molecule has 5 heteroatoms. The van der Waals surface area contributed by atoms with Crippen LogP contribution in [0.4, 0.5) is 11.6 Å². The second-order valence-electron chi connectivity index (χ2n) is 4.66. The highest BCUT2D eigenvalue weighted by atomic mass is 35.5. The summed E-state index contributed by atoms with van der Waals surface area (Å²) in [6.45, 7) is 7.02. The minimum Gasteiger partial charge on any atom is -0.370 e. The molecule has 4 nitrogen and oxygen atoms in total. The van der Waals surface area contributed by atoms with Gasteiger partial charge in [-0.1, -0.05) is 29.8 Å². The van der Waals surface area contributed by atoms with Gasteiger partial charge in [0.25, 0.3) is 0 Å². The van der Waals surface area contributed by atoms with Crippen molar-refractivity contribution in [2.24, 2.45) is 0 Å². The SMILES string of the molecule is C=CCNc1cc(NCCc2cccc(Cl)c2)nc(C)n1. The zero-order valence-corrected chi connectivity index (χ0v) is 12.8. The van der Waals surface area contributed by atoms with E-state index >= 15 is 0 Å². The molecule has 0 aliphatic heterocycles. The molecule has 0 bridgehead atoms. The molecule has 2 aromatic rings. The van der Waals surface area contributed by atoms with Gasteiger partial charge >= 0.3 is 0 Å². The summed E-state index contributed by atoms with van der Waals surface area (Å²) >= 11 is 5.97. The number of nitrogens with one attached hydrogen (secondary N) is 2. The lowest BCUT2D eigenvalue weighted by Crippen LogP contribution is -2.09. The number of hydrogen-bond donors (Lipinski definition) is 2. The van der Waals surface area contributed by atoms with Gasteiger partial charge in [-0.05, 0) is 31.0 Å². The van der Waals surface area contributed by atoms with E-state index in [9.17, 15) is 0 Å². The predicted molar refractivity (Wildman–Crippen MR) is 89.1 cm³/mol. The monoisotopic (exact) mass is 302 g/mol. The molecule has 0 saturated heterocycles. The lowest BCUT2D eigenvalue weighted by atomic mass is 10.1. The minimum absolute atomic E-state index is 0.679. The van der Waals surface area contributed by atoms with Gasteiger partial charge in [0.05, 0.1) is 0 Å². The van der Waals surface area contributed by atoms with Crippen LogP contribution in [0, 0.1) is 6.92 Å². The molecule has 110 valence electrons. The van der Waals surface area contributed by atoms with Crippen LogP contribution in [0.2, 0.25) is 5.02 Å². The van der Waals surface area contributed by atoms with Gasteiger partial charge in [-0.2, -0.15) is 0 Å². The maximum Gasteiger partial charge on any atom is 0.132 e. The van der Waals surface area contributed by atoms with Crippen LogP contribution in [-0.4, -0.2) is 23.1 Å². The first-order chi connectivity index (χ1) is 10.2. The van der Waals surface area contributed by atoms with Crippen LogP contribution < -0.4 is 10.6 Å².